The Labute approximate surface area is 171 Å². The molecule has 0 unspecified atom stereocenters. The summed E-state index contributed by atoms with van der Waals surface area (Å²) in [5, 5.41) is 8.61. The second kappa shape index (κ2) is 11.5. The van der Waals surface area contributed by atoms with Gasteiger partial charge in [-0.25, -0.2) is 0 Å². The first-order valence-electron chi connectivity index (χ1n) is 9.26. The Balaban J connectivity index is 1.85. The number of anilines is 2. The molecule has 0 fully saturated rings. The Kier molecular flexibility index (Phi) is 8.72. The van der Waals surface area contributed by atoms with Gasteiger partial charge < -0.3 is 25.4 Å². The van der Waals surface area contributed by atoms with Crippen LogP contribution in [-0.2, 0) is 9.53 Å². The third kappa shape index (κ3) is 7.67. The Bertz CT molecular complexity index is 834. The van der Waals surface area contributed by atoms with Crippen molar-refractivity contribution in [3.63, 3.8) is 0 Å². The largest absolute Gasteiger partial charge is 0.487 e. The summed E-state index contributed by atoms with van der Waals surface area (Å²) in [6, 6.07) is 14.1. The van der Waals surface area contributed by atoms with E-state index in [1.54, 1.807) is 31.4 Å². The summed E-state index contributed by atoms with van der Waals surface area (Å²) in [6.07, 6.45) is 0. The molecule has 0 saturated carbocycles. The topological polar surface area (TPSA) is 88.7 Å². The van der Waals surface area contributed by atoms with E-state index in [4.69, 9.17) is 9.47 Å². The molecule has 0 aliphatic carbocycles. The molecule has 0 spiro atoms. The fourth-order valence-corrected chi connectivity index (χ4v) is 2.39. The first-order chi connectivity index (χ1) is 14.0. The van der Waals surface area contributed by atoms with E-state index in [-0.39, 0.29) is 18.4 Å². The standard InChI is InChI=1S/C22H27N3O4/c1-16(2)15-29-20-7-5-4-6-19(20)24-14-21(26)25-18-10-8-17(9-11-18)22(27)23-12-13-28-3/h4-11,24H,1,12-15H2,2-3H3,(H,23,27)(H,25,26). The monoisotopic (exact) mass is 397 g/mol. The minimum absolute atomic E-state index is 0.0761. The van der Waals surface area contributed by atoms with Gasteiger partial charge in [-0.2, -0.15) is 0 Å². The molecule has 7 heteroatoms. The van der Waals surface area contributed by atoms with Gasteiger partial charge in [-0.05, 0) is 48.9 Å². The maximum atomic E-state index is 12.2. The Morgan fingerprint density at radius 2 is 1.79 bits per heavy atom. The fourth-order valence-electron chi connectivity index (χ4n) is 2.39. The van der Waals surface area contributed by atoms with Gasteiger partial charge in [0.1, 0.15) is 12.4 Å². The van der Waals surface area contributed by atoms with E-state index in [2.05, 4.69) is 22.5 Å². The summed E-state index contributed by atoms with van der Waals surface area (Å²) in [5.41, 5.74) is 2.76. The van der Waals surface area contributed by atoms with Crippen LogP contribution in [0.1, 0.15) is 17.3 Å². The summed E-state index contributed by atoms with van der Waals surface area (Å²) >= 11 is 0. The Morgan fingerprint density at radius 1 is 1.07 bits per heavy atom. The summed E-state index contributed by atoms with van der Waals surface area (Å²) in [6.45, 7) is 7.09. The molecule has 154 valence electrons. The zero-order valence-electron chi connectivity index (χ0n) is 16.8. The quantitative estimate of drug-likeness (QED) is 0.401. The lowest BCUT2D eigenvalue weighted by Gasteiger charge is -2.13. The third-order valence-corrected chi connectivity index (χ3v) is 3.82. The van der Waals surface area contributed by atoms with Crippen LogP contribution in [0.5, 0.6) is 5.75 Å². The molecule has 0 bridgehead atoms. The molecule has 7 nitrogen and oxygen atoms in total. The number of rotatable bonds is 11. The van der Waals surface area contributed by atoms with E-state index in [1.165, 1.54) is 0 Å². The molecule has 0 aliphatic heterocycles. The maximum Gasteiger partial charge on any atom is 0.251 e. The van der Waals surface area contributed by atoms with Gasteiger partial charge in [0.05, 0.1) is 18.8 Å². The van der Waals surface area contributed by atoms with Crippen molar-refractivity contribution in [2.24, 2.45) is 0 Å². The van der Waals surface area contributed by atoms with Crippen molar-refractivity contribution >= 4 is 23.2 Å². The van der Waals surface area contributed by atoms with Gasteiger partial charge in [0, 0.05) is 24.9 Å². The van der Waals surface area contributed by atoms with Gasteiger partial charge in [0.25, 0.3) is 5.91 Å². The van der Waals surface area contributed by atoms with Crippen molar-refractivity contribution in [1.82, 2.24) is 5.32 Å². The summed E-state index contributed by atoms with van der Waals surface area (Å²) in [4.78, 5) is 24.2. The molecule has 2 amide bonds. The molecule has 2 rings (SSSR count). The van der Waals surface area contributed by atoms with Gasteiger partial charge in [-0.3, -0.25) is 9.59 Å². The molecule has 2 aromatic carbocycles. The van der Waals surface area contributed by atoms with Crippen LogP contribution in [0.15, 0.2) is 60.7 Å². The zero-order valence-corrected chi connectivity index (χ0v) is 16.8. The number of ether oxygens (including phenoxy) is 2. The van der Waals surface area contributed by atoms with Crippen LogP contribution in [0.3, 0.4) is 0 Å². The van der Waals surface area contributed by atoms with Crippen molar-refractivity contribution in [1.29, 1.82) is 0 Å². The highest BCUT2D eigenvalue weighted by atomic mass is 16.5. The van der Waals surface area contributed by atoms with Crippen LogP contribution in [0.25, 0.3) is 0 Å². The molecule has 0 saturated heterocycles. The summed E-state index contributed by atoms with van der Waals surface area (Å²) in [7, 11) is 1.58. The second-order valence-electron chi connectivity index (χ2n) is 6.47. The van der Waals surface area contributed by atoms with Gasteiger partial charge in [0.15, 0.2) is 0 Å². The lowest BCUT2D eigenvalue weighted by atomic mass is 10.2. The average molecular weight is 397 g/mol. The number of amides is 2. The molecular formula is C22H27N3O4. The van der Waals surface area contributed by atoms with Gasteiger partial charge in [0.2, 0.25) is 5.91 Å². The van der Waals surface area contributed by atoms with Gasteiger partial charge >= 0.3 is 0 Å². The van der Waals surface area contributed by atoms with Crippen molar-refractivity contribution in [2.45, 2.75) is 6.92 Å². The van der Waals surface area contributed by atoms with Crippen LogP contribution in [0.4, 0.5) is 11.4 Å². The van der Waals surface area contributed by atoms with E-state index >= 15 is 0 Å². The minimum Gasteiger partial charge on any atom is -0.487 e. The number of nitrogens with one attached hydrogen (secondary N) is 3. The van der Waals surface area contributed by atoms with Crippen molar-refractivity contribution in [3.8, 4) is 5.75 Å². The summed E-state index contributed by atoms with van der Waals surface area (Å²) in [5.74, 6) is 0.261. The second-order valence-corrected chi connectivity index (χ2v) is 6.47. The first kappa shape index (κ1) is 22.0. The number of carbonyl (C=O) groups excluding carboxylic acids is 2. The molecule has 0 atom stereocenters. The van der Waals surface area contributed by atoms with Crippen LogP contribution < -0.4 is 20.7 Å². The maximum absolute atomic E-state index is 12.2. The molecule has 0 aliphatic rings. The average Bonchev–Trinajstić information content (AvgIpc) is 2.72. The van der Waals surface area contributed by atoms with Crippen LogP contribution in [-0.4, -0.2) is 45.2 Å². The SMILES string of the molecule is C=C(C)COc1ccccc1NCC(=O)Nc1ccc(C(=O)NCCOC)cc1. The smallest absolute Gasteiger partial charge is 0.251 e. The van der Waals surface area contributed by atoms with Gasteiger partial charge in [-0.1, -0.05) is 18.7 Å². The highest BCUT2D eigenvalue weighted by molar-refractivity contribution is 5.96. The van der Waals surface area contributed by atoms with Crippen LogP contribution in [0, 0.1) is 0 Å². The van der Waals surface area contributed by atoms with Crippen LogP contribution >= 0.6 is 0 Å². The molecule has 0 radical (unpaired) electrons. The number of para-hydroxylation sites is 2. The molecular weight excluding hydrogens is 370 g/mol. The highest BCUT2D eigenvalue weighted by Crippen LogP contribution is 2.23. The predicted octanol–water partition coefficient (Wildman–Crippen LogP) is 3.07. The lowest BCUT2D eigenvalue weighted by Crippen LogP contribution is -2.27. The Hall–Kier alpha value is -3.32. The molecule has 0 aromatic heterocycles. The normalized spacial score (nSPS) is 10.1. The van der Waals surface area contributed by atoms with E-state index < -0.39 is 0 Å². The third-order valence-electron chi connectivity index (χ3n) is 3.82. The van der Waals surface area contributed by atoms with E-state index in [1.807, 2.05) is 31.2 Å². The number of carbonyl (C=O) groups is 2. The lowest BCUT2D eigenvalue weighted by molar-refractivity contribution is -0.114. The predicted molar refractivity (Wildman–Crippen MR) is 115 cm³/mol. The molecule has 0 heterocycles. The zero-order chi connectivity index (χ0) is 21.1. The molecule has 2 aromatic rings. The number of methoxy groups -OCH3 is 1. The highest BCUT2D eigenvalue weighted by Gasteiger charge is 2.08. The number of hydrogen-bond donors (Lipinski definition) is 3. The summed E-state index contributed by atoms with van der Waals surface area (Å²) < 4.78 is 10.6. The number of benzene rings is 2. The fraction of sp³-hybridized carbons (Fsp3) is 0.273. The molecule has 3 N–H and O–H groups in total. The van der Waals surface area contributed by atoms with Crippen molar-refractivity contribution in [3.05, 3.63) is 66.2 Å². The van der Waals surface area contributed by atoms with Crippen molar-refractivity contribution in [2.75, 3.05) is 44.0 Å². The number of hydrogen-bond acceptors (Lipinski definition) is 5. The Morgan fingerprint density at radius 3 is 2.48 bits per heavy atom. The van der Waals surface area contributed by atoms with E-state index in [0.717, 1.165) is 11.3 Å². The van der Waals surface area contributed by atoms with Gasteiger partial charge in [-0.15, -0.1) is 0 Å². The first-order valence-corrected chi connectivity index (χ1v) is 9.26. The van der Waals surface area contributed by atoms with Crippen LogP contribution in [0.2, 0.25) is 0 Å². The minimum atomic E-state index is -0.211. The molecule has 29 heavy (non-hydrogen) atoms. The van der Waals surface area contributed by atoms with E-state index in [9.17, 15) is 9.59 Å². The van der Waals surface area contributed by atoms with E-state index in [0.29, 0.717) is 36.8 Å². The van der Waals surface area contributed by atoms with Crippen molar-refractivity contribution < 1.29 is 19.1 Å².